The molecule has 2 heterocycles. The van der Waals surface area contributed by atoms with Crippen LogP contribution in [0.5, 0.6) is 0 Å². The largest absolute Gasteiger partial charge is 0.465 e. The summed E-state index contributed by atoms with van der Waals surface area (Å²) >= 11 is 0. The second-order valence-electron chi connectivity index (χ2n) is 6.93. The number of ether oxygens (including phenoxy) is 1. The van der Waals surface area contributed by atoms with Gasteiger partial charge < -0.3 is 15.4 Å². The van der Waals surface area contributed by atoms with E-state index in [2.05, 4.69) is 30.8 Å². The third kappa shape index (κ3) is 5.05. The van der Waals surface area contributed by atoms with E-state index in [1.54, 1.807) is 18.2 Å². The third-order valence-corrected chi connectivity index (χ3v) is 4.56. The van der Waals surface area contributed by atoms with Gasteiger partial charge in [-0.3, -0.25) is 5.10 Å². The van der Waals surface area contributed by atoms with Gasteiger partial charge in [-0.25, -0.2) is 9.78 Å². The normalized spacial score (nSPS) is 10.5. The molecule has 31 heavy (non-hydrogen) atoms. The summed E-state index contributed by atoms with van der Waals surface area (Å²) in [5.74, 6) is 1.29. The summed E-state index contributed by atoms with van der Waals surface area (Å²) in [5, 5.41) is 13.6. The molecule has 156 valence electrons. The fourth-order valence-corrected chi connectivity index (χ4v) is 3.05. The van der Waals surface area contributed by atoms with E-state index in [4.69, 9.17) is 4.74 Å². The van der Waals surface area contributed by atoms with Gasteiger partial charge in [0.15, 0.2) is 5.82 Å². The lowest BCUT2D eigenvalue weighted by atomic mass is 10.1. The first kappa shape index (κ1) is 20.1. The Labute approximate surface area is 179 Å². The number of esters is 1. The van der Waals surface area contributed by atoms with Crippen molar-refractivity contribution in [3.63, 3.8) is 0 Å². The van der Waals surface area contributed by atoms with Crippen LogP contribution in [0, 0.1) is 6.92 Å². The minimum absolute atomic E-state index is 0.399. The zero-order chi connectivity index (χ0) is 21.6. The lowest BCUT2D eigenvalue weighted by Gasteiger charge is -2.11. The summed E-state index contributed by atoms with van der Waals surface area (Å²) in [5.41, 5.74) is 3.93. The third-order valence-electron chi connectivity index (χ3n) is 4.56. The fourth-order valence-electron chi connectivity index (χ4n) is 3.05. The standard InChI is InChI=1S/C23H22N6O2/c1-15-11-21(29-28-15)26-20-13-19(17-9-6-10-18(12-17)22(30)31-2)25-23(27-20)24-14-16-7-4-3-5-8-16/h3-13H,14H2,1-2H3,(H3,24,25,26,27,28,29). The van der Waals surface area contributed by atoms with Crippen LogP contribution in [0.3, 0.4) is 0 Å². The van der Waals surface area contributed by atoms with E-state index in [0.717, 1.165) is 16.8 Å². The Kier molecular flexibility index (Phi) is 5.89. The summed E-state index contributed by atoms with van der Waals surface area (Å²) < 4.78 is 4.84. The number of carbonyl (C=O) groups excluding carboxylic acids is 1. The first-order valence-corrected chi connectivity index (χ1v) is 9.75. The molecule has 0 bridgehead atoms. The zero-order valence-corrected chi connectivity index (χ0v) is 17.2. The summed E-state index contributed by atoms with van der Waals surface area (Å²) in [6.07, 6.45) is 0. The Hall–Kier alpha value is -4.20. The number of H-pyrrole nitrogens is 1. The molecule has 4 aromatic rings. The SMILES string of the molecule is COC(=O)c1cccc(-c2cc(Nc3cc(C)[nH]n3)nc(NCc3ccccc3)n2)c1. The van der Waals surface area contributed by atoms with Crippen molar-refractivity contribution in [2.75, 3.05) is 17.7 Å². The Balaban J connectivity index is 1.67. The van der Waals surface area contributed by atoms with Gasteiger partial charge in [0.05, 0.1) is 18.4 Å². The number of carbonyl (C=O) groups is 1. The number of nitrogens with one attached hydrogen (secondary N) is 3. The second kappa shape index (κ2) is 9.08. The van der Waals surface area contributed by atoms with E-state index in [1.807, 2.05) is 55.5 Å². The number of methoxy groups -OCH3 is 1. The molecule has 0 fully saturated rings. The Bertz CT molecular complexity index is 1190. The van der Waals surface area contributed by atoms with Gasteiger partial charge in [0.1, 0.15) is 5.82 Å². The molecule has 0 saturated carbocycles. The zero-order valence-electron chi connectivity index (χ0n) is 17.2. The lowest BCUT2D eigenvalue weighted by molar-refractivity contribution is 0.0601. The van der Waals surface area contributed by atoms with Crippen LogP contribution in [0.25, 0.3) is 11.3 Å². The van der Waals surface area contributed by atoms with Crippen molar-refractivity contribution in [1.82, 2.24) is 20.2 Å². The molecule has 0 unspecified atom stereocenters. The van der Waals surface area contributed by atoms with Crippen LogP contribution in [-0.4, -0.2) is 33.2 Å². The number of rotatable bonds is 7. The highest BCUT2D eigenvalue weighted by atomic mass is 16.5. The van der Waals surface area contributed by atoms with Crippen LogP contribution in [0.4, 0.5) is 17.6 Å². The molecule has 0 spiro atoms. The molecule has 0 amide bonds. The molecule has 0 aliphatic carbocycles. The molecular formula is C23H22N6O2. The van der Waals surface area contributed by atoms with E-state index in [1.165, 1.54) is 7.11 Å². The number of hydrogen-bond donors (Lipinski definition) is 3. The molecule has 0 atom stereocenters. The van der Waals surface area contributed by atoms with Crippen molar-refractivity contribution in [2.45, 2.75) is 13.5 Å². The molecule has 2 aromatic heterocycles. The van der Waals surface area contributed by atoms with Crippen molar-refractivity contribution in [2.24, 2.45) is 0 Å². The van der Waals surface area contributed by atoms with Gasteiger partial charge in [-0.15, -0.1) is 0 Å². The summed E-state index contributed by atoms with van der Waals surface area (Å²) in [7, 11) is 1.36. The van der Waals surface area contributed by atoms with Crippen LogP contribution < -0.4 is 10.6 Å². The van der Waals surface area contributed by atoms with Crippen LogP contribution in [0.2, 0.25) is 0 Å². The van der Waals surface area contributed by atoms with Gasteiger partial charge >= 0.3 is 5.97 Å². The number of aromatic nitrogens is 4. The molecule has 0 aliphatic heterocycles. The molecule has 8 nitrogen and oxygen atoms in total. The van der Waals surface area contributed by atoms with Gasteiger partial charge in [0.2, 0.25) is 5.95 Å². The summed E-state index contributed by atoms with van der Waals surface area (Å²) in [6, 6.07) is 20.8. The number of anilines is 3. The maximum absolute atomic E-state index is 11.9. The van der Waals surface area contributed by atoms with Crippen LogP contribution in [-0.2, 0) is 11.3 Å². The van der Waals surface area contributed by atoms with Crippen LogP contribution in [0.15, 0.2) is 66.7 Å². The predicted octanol–water partition coefficient (Wildman–Crippen LogP) is 4.32. The molecule has 2 aromatic carbocycles. The molecule has 0 radical (unpaired) electrons. The maximum atomic E-state index is 11.9. The number of aryl methyl sites for hydroxylation is 1. The minimum Gasteiger partial charge on any atom is -0.465 e. The van der Waals surface area contributed by atoms with Crippen molar-refractivity contribution in [3.8, 4) is 11.3 Å². The van der Waals surface area contributed by atoms with Crippen molar-refractivity contribution >= 4 is 23.6 Å². The first-order chi connectivity index (χ1) is 15.1. The quantitative estimate of drug-likeness (QED) is 0.387. The highest BCUT2D eigenvalue weighted by molar-refractivity contribution is 5.90. The van der Waals surface area contributed by atoms with Crippen LogP contribution in [0.1, 0.15) is 21.6 Å². The van der Waals surface area contributed by atoms with E-state index in [-0.39, 0.29) is 0 Å². The first-order valence-electron chi connectivity index (χ1n) is 9.75. The van der Waals surface area contributed by atoms with E-state index in [9.17, 15) is 4.79 Å². The second-order valence-corrected chi connectivity index (χ2v) is 6.93. The molecule has 3 N–H and O–H groups in total. The smallest absolute Gasteiger partial charge is 0.337 e. The van der Waals surface area contributed by atoms with Gasteiger partial charge in [0.25, 0.3) is 0 Å². The molecule has 0 aliphatic rings. The Morgan fingerprint density at radius 1 is 1.00 bits per heavy atom. The average molecular weight is 414 g/mol. The number of benzene rings is 2. The molecular weight excluding hydrogens is 392 g/mol. The van der Waals surface area contributed by atoms with Crippen LogP contribution >= 0.6 is 0 Å². The van der Waals surface area contributed by atoms with Gasteiger partial charge in [-0.2, -0.15) is 10.1 Å². The van der Waals surface area contributed by atoms with Gasteiger partial charge in [-0.05, 0) is 24.6 Å². The van der Waals surface area contributed by atoms with Gasteiger partial charge in [-0.1, -0.05) is 42.5 Å². The maximum Gasteiger partial charge on any atom is 0.337 e. The van der Waals surface area contributed by atoms with Crippen molar-refractivity contribution < 1.29 is 9.53 Å². The Morgan fingerprint density at radius 2 is 1.84 bits per heavy atom. The Morgan fingerprint density at radius 3 is 2.58 bits per heavy atom. The van der Waals surface area contributed by atoms with E-state index >= 15 is 0 Å². The molecule has 4 rings (SSSR count). The fraction of sp³-hybridized carbons (Fsp3) is 0.130. The van der Waals surface area contributed by atoms with E-state index in [0.29, 0.717) is 35.4 Å². The minimum atomic E-state index is -0.399. The lowest BCUT2D eigenvalue weighted by Crippen LogP contribution is -2.07. The van der Waals surface area contributed by atoms with Gasteiger partial charge in [0, 0.05) is 29.9 Å². The summed E-state index contributed by atoms with van der Waals surface area (Å²) in [4.78, 5) is 21.2. The monoisotopic (exact) mass is 414 g/mol. The highest BCUT2D eigenvalue weighted by Crippen LogP contribution is 2.24. The molecule has 8 heteroatoms. The average Bonchev–Trinajstić information content (AvgIpc) is 3.22. The summed E-state index contributed by atoms with van der Waals surface area (Å²) in [6.45, 7) is 2.50. The topological polar surface area (TPSA) is 105 Å². The van der Waals surface area contributed by atoms with E-state index < -0.39 is 5.97 Å². The van der Waals surface area contributed by atoms with Crippen molar-refractivity contribution in [1.29, 1.82) is 0 Å². The molecule has 0 saturated heterocycles. The highest BCUT2D eigenvalue weighted by Gasteiger charge is 2.11. The number of hydrogen-bond acceptors (Lipinski definition) is 7. The van der Waals surface area contributed by atoms with Crippen molar-refractivity contribution in [3.05, 3.63) is 83.6 Å². The number of aromatic amines is 1. The number of nitrogens with zero attached hydrogens (tertiary/aromatic N) is 3. The predicted molar refractivity (Wildman–Crippen MR) is 119 cm³/mol.